The Bertz CT molecular complexity index is 1180. The van der Waals surface area contributed by atoms with Crippen LogP contribution in [0.2, 0.25) is 0 Å². The van der Waals surface area contributed by atoms with Crippen molar-refractivity contribution in [3.05, 3.63) is 54.1 Å². The van der Waals surface area contributed by atoms with Crippen molar-refractivity contribution >= 4 is 36.3 Å². The maximum absolute atomic E-state index is 12.4. The number of carbonyl (C=O) groups excluding carboxylic acids is 3. The molecule has 1 saturated carbocycles. The molecule has 11 heteroatoms. The Kier molecular flexibility index (Phi) is 11.8. The third-order valence-corrected chi connectivity index (χ3v) is 7.16. The molecular weight excluding hydrogens is 550 g/mol. The van der Waals surface area contributed by atoms with Gasteiger partial charge in [-0.1, -0.05) is 49.2 Å². The van der Waals surface area contributed by atoms with Gasteiger partial charge in [0.05, 0.1) is 18.4 Å². The largest absolute Gasteiger partial charge is 0.511 e. The average Bonchev–Trinajstić information content (AvgIpc) is 3.09. The Balaban J connectivity index is 0.00000462. The number of hydrogen-bond acceptors (Lipinski definition) is 8. The van der Waals surface area contributed by atoms with Gasteiger partial charge < -0.3 is 30.0 Å². The summed E-state index contributed by atoms with van der Waals surface area (Å²) in [5.74, 6) is -0.729. The predicted molar refractivity (Wildman–Crippen MR) is 155 cm³/mol. The van der Waals surface area contributed by atoms with E-state index in [-0.39, 0.29) is 49.3 Å². The standard InChI is InChI=1S/C30H37N3O7.ClH/c1-19(39-30(36)40-26-6-4-2-3-5-7-26)38-27(34)17-23-16-24(33-29(23)35)18-37-25-14-12-21(13-15-25)20-8-10-22(11-9-20)28(31)32;/h8-15,19,23-24,26H,2-7,16-18H2,1H3,(H3,31,32)(H,33,35);1H/t19?,23-,24-;/m0./s1. The van der Waals surface area contributed by atoms with Crippen molar-refractivity contribution in [3.8, 4) is 16.9 Å². The summed E-state index contributed by atoms with van der Waals surface area (Å²) in [6.07, 6.45) is 4.12. The zero-order valence-corrected chi connectivity index (χ0v) is 24.0. The van der Waals surface area contributed by atoms with Crippen LogP contribution in [0.5, 0.6) is 5.75 Å². The number of esters is 1. The molecule has 1 heterocycles. The minimum Gasteiger partial charge on any atom is -0.491 e. The fourth-order valence-corrected chi connectivity index (χ4v) is 5.01. The van der Waals surface area contributed by atoms with Crippen molar-refractivity contribution in [1.82, 2.24) is 5.32 Å². The molecule has 0 aromatic heterocycles. The van der Waals surface area contributed by atoms with E-state index in [1.807, 2.05) is 36.4 Å². The van der Waals surface area contributed by atoms with Gasteiger partial charge in [-0.3, -0.25) is 15.0 Å². The van der Waals surface area contributed by atoms with Crippen LogP contribution >= 0.6 is 12.4 Å². The number of amidine groups is 1. The summed E-state index contributed by atoms with van der Waals surface area (Å²) in [7, 11) is 0. The van der Waals surface area contributed by atoms with Crippen molar-refractivity contribution in [2.45, 2.75) is 76.7 Å². The summed E-state index contributed by atoms with van der Waals surface area (Å²) in [6, 6.07) is 14.7. The average molecular weight is 588 g/mol. The summed E-state index contributed by atoms with van der Waals surface area (Å²) < 4.78 is 21.5. The molecule has 0 radical (unpaired) electrons. The monoisotopic (exact) mass is 587 g/mol. The van der Waals surface area contributed by atoms with Crippen molar-refractivity contribution < 1.29 is 33.3 Å². The molecule has 1 amide bonds. The molecule has 2 aromatic carbocycles. The van der Waals surface area contributed by atoms with Crippen LogP contribution in [0.4, 0.5) is 4.79 Å². The van der Waals surface area contributed by atoms with Crippen molar-refractivity contribution in [1.29, 1.82) is 5.41 Å². The first kappa shape index (κ1) is 31.7. The van der Waals surface area contributed by atoms with Gasteiger partial charge in [0.1, 0.15) is 24.3 Å². The number of nitrogens with one attached hydrogen (secondary N) is 2. The van der Waals surface area contributed by atoms with Gasteiger partial charge in [0.2, 0.25) is 12.2 Å². The van der Waals surface area contributed by atoms with E-state index in [1.165, 1.54) is 6.92 Å². The molecule has 0 bridgehead atoms. The molecule has 3 atom stereocenters. The lowest BCUT2D eigenvalue weighted by atomic mass is 10.0. The van der Waals surface area contributed by atoms with Gasteiger partial charge >= 0.3 is 12.1 Å². The van der Waals surface area contributed by atoms with Gasteiger partial charge in [-0.2, -0.15) is 0 Å². The molecule has 1 aliphatic carbocycles. The van der Waals surface area contributed by atoms with Crippen LogP contribution in [-0.2, 0) is 23.8 Å². The zero-order chi connectivity index (χ0) is 28.5. The molecule has 1 aliphatic heterocycles. The Morgan fingerprint density at radius 3 is 2.20 bits per heavy atom. The Hall–Kier alpha value is -3.79. The summed E-state index contributed by atoms with van der Waals surface area (Å²) in [6.45, 7) is 1.71. The Morgan fingerprint density at radius 1 is 0.976 bits per heavy atom. The smallest absolute Gasteiger partial charge is 0.491 e. The normalized spacial score (nSPS) is 19.6. The van der Waals surface area contributed by atoms with Crippen LogP contribution in [0.1, 0.15) is 63.9 Å². The van der Waals surface area contributed by atoms with Crippen LogP contribution in [0.15, 0.2) is 48.5 Å². The highest BCUT2D eigenvalue weighted by molar-refractivity contribution is 5.95. The summed E-state index contributed by atoms with van der Waals surface area (Å²) >= 11 is 0. The van der Waals surface area contributed by atoms with Gasteiger partial charge in [-0.25, -0.2) is 4.79 Å². The van der Waals surface area contributed by atoms with Gasteiger partial charge in [-0.05, 0) is 55.4 Å². The van der Waals surface area contributed by atoms with E-state index < -0.39 is 24.3 Å². The fourth-order valence-electron chi connectivity index (χ4n) is 5.01. The number of benzene rings is 2. The van der Waals surface area contributed by atoms with E-state index in [0.29, 0.717) is 17.7 Å². The topological polar surface area (TPSA) is 150 Å². The molecule has 41 heavy (non-hydrogen) atoms. The van der Waals surface area contributed by atoms with Crippen LogP contribution in [0.25, 0.3) is 11.1 Å². The first-order chi connectivity index (χ1) is 19.3. The molecule has 2 fully saturated rings. The van der Waals surface area contributed by atoms with Crippen molar-refractivity contribution in [3.63, 3.8) is 0 Å². The number of halogens is 1. The summed E-state index contributed by atoms with van der Waals surface area (Å²) in [4.78, 5) is 36.8. The lowest BCUT2D eigenvalue weighted by Crippen LogP contribution is -2.31. The van der Waals surface area contributed by atoms with Crippen LogP contribution in [-0.4, -0.2) is 48.9 Å². The van der Waals surface area contributed by atoms with Crippen LogP contribution < -0.4 is 15.8 Å². The zero-order valence-electron chi connectivity index (χ0n) is 23.1. The minimum absolute atomic E-state index is 0. The van der Waals surface area contributed by atoms with Gasteiger partial charge in [0.25, 0.3) is 0 Å². The summed E-state index contributed by atoms with van der Waals surface area (Å²) in [5.41, 5.74) is 8.16. The van der Waals surface area contributed by atoms with Gasteiger partial charge in [0, 0.05) is 12.5 Å². The number of ether oxygens (including phenoxy) is 4. The quantitative estimate of drug-likeness (QED) is 0.114. The van der Waals surface area contributed by atoms with E-state index in [9.17, 15) is 14.4 Å². The van der Waals surface area contributed by atoms with Gasteiger partial charge in [-0.15, -0.1) is 12.4 Å². The Morgan fingerprint density at radius 2 is 1.59 bits per heavy atom. The maximum Gasteiger partial charge on any atom is 0.511 e. The number of nitrogen functional groups attached to an aromatic ring is 1. The SMILES string of the molecule is CC(OC(=O)C[C@@H]1C[C@@H](COc2ccc(-c3ccc(C(=N)N)cc3)cc2)NC1=O)OC(=O)OC1CCCCCC1.Cl. The molecular formula is C30H38ClN3O7. The molecule has 2 aromatic rings. The summed E-state index contributed by atoms with van der Waals surface area (Å²) in [5, 5.41) is 10.4. The first-order valence-electron chi connectivity index (χ1n) is 13.8. The van der Waals surface area contributed by atoms with E-state index in [0.717, 1.165) is 49.7 Å². The molecule has 1 unspecified atom stereocenters. The molecule has 2 aliphatic rings. The molecule has 4 N–H and O–H groups in total. The minimum atomic E-state index is -1.11. The highest BCUT2D eigenvalue weighted by Crippen LogP contribution is 2.25. The first-order valence-corrected chi connectivity index (χ1v) is 13.8. The second kappa shape index (κ2) is 15.3. The third-order valence-electron chi connectivity index (χ3n) is 7.16. The van der Waals surface area contributed by atoms with Crippen LogP contribution in [0.3, 0.4) is 0 Å². The van der Waals surface area contributed by atoms with Crippen LogP contribution in [0, 0.1) is 11.3 Å². The fraction of sp³-hybridized carbons (Fsp3) is 0.467. The van der Waals surface area contributed by atoms with E-state index in [4.69, 9.17) is 30.1 Å². The van der Waals surface area contributed by atoms with Crippen molar-refractivity contribution in [2.75, 3.05) is 6.61 Å². The molecule has 10 nitrogen and oxygen atoms in total. The van der Waals surface area contributed by atoms with E-state index in [2.05, 4.69) is 5.32 Å². The number of amides is 1. The third kappa shape index (κ3) is 9.67. The second-order valence-electron chi connectivity index (χ2n) is 10.3. The van der Waals surface area contributed by atoms with Crippen molar-refractivity contribution in [2.24, 2.45) is 11.7 Å². The Labute approximate surface area is 246 Å². The number of rotatable bonds is 10. The number of nitrogens with two attached hydrogens (primary N) is 1. The maximum atomic E-state index is 12.4. The molecule has 1 saturated heterocycles. The molecule has 0 spiro atoms. The second-order valence-corrected chi connectivity index (χ2v) is 10.3. The van der Waals surface area contributed by atoms with E-state index in [1.54, 1.807) is 12.1 Å². The molecule has 4 rings (SSSR count). The number of hydrogen-bond donors (Lipinski definition) is 3. The number of carbonyl (C=O) groups is 3. The van der Waals surface area contributed by atoms with E-state index >= 15 is 0 Å². The highest BCUT2D eigenvalue weighted by Gasteiger charge is 2.35. The lowest BCUT2D eigenvalue weighted by Gasteiger charge is -2.18. The molecule has 222 valence electrons. The highest BCUT2D eigenvalue weighted by atomic mass is 35.5. The lowest BCUT2D eigenvalue weighted by molar-refractivity contribution is -0.170. The predicted octanol–water partition coefficient (Wildman–Crippen LogP) is 5.10. The van der Waals surface area contributed by atoms with Gasteiger partial charge in [0.15, 0.2) is 0 Å².